The van der Waals surface area contributed by atoms with Crippen LogP contribution in [-0.2, 0) is 4.79 Å². The van der Waals surface area contributed by atoms with E-state index < -0.39 is 34.9 Å². The first-order chi connectivity index (χ1) is 12.4. The average molecular weight is 376 g/mol. The second-order valence-corrected chi connectivity index (χ2v) is 6.38. The lowest BCUT2D eigenvalue weighted by atomic mass is 9.99. The minimum Gasteiger partial charge on any atom is -0.503 e. The monoisotopic (exact) mass is 375 g/mol. The van der Waals surface area contributed by atoms with Crippen LogP contribution in [0.3, 0.4) is 0 Å². The number of halogens is 3. The Labute approximate surface area is 151 Å². The molecule has 0 aliphatic carbocycles. The first-order valence-electron chi connectivity index (χ1n) is 7.70. The van der Waals surface area contributed by atoms with Gasteiger partial charge in [0.15, 0.2) is 5.76 Å². The van der Waals surface area contributed by atoms with Gasteiger partial charge in [0.25, 0.3) is 5.91 Å². The van der Waals surface area contributed by atoms with Crippen molar-refractivity contribution in [2.45, 2.75) is 13.0 Å². The van der Waals surface area contributed by atoms with E-state index in [0.717, 1.165) is 22.5 Å². The van der Waals surface area contributed by atoms with Gasteiger partial charge in [0, 0.05) is 11.3 Å². The van der Waals surface area contributed by atoms with Crippen LogP contribution in [-0.4, -0.2) is 21.0 Å². The minimum atomic E-state index is -1.16. The van der Waals surface area contributed by atoms with Crippen molar-refractivity contribution in [3.05, 3.63) is 70.2 Å². The van der Waals surface area contributed by atoms with Gasteiger partial charge in [0.2, 0.25) is 0 Å². The molecule has 26 heavy (non-hydrogen) atoms. The molecule has 1 atom stereocenters. The molecule has 8 heteroatoms. The van der Waals surface area contributed by atoms with Gasteiger partial charge in [0.1, 0.15) is 11.6 Å². The molecule has 5 nitrogen and oxygen atoms in total. The number of amides is 1. The molecular weight excluding hydrogens is 364 g/mol. The standard InChI is InChI=1S/C18H12ClF2N3O2/c1-8-16(14-11(20)4-3-10(19)15(14)21)24(18(26)17(8)25)9-2-5-12-13(6-9)23-7-22-12/h2-7,16,25H,1H3,(H,22,23). The van der Waals surface area contributed by atoms with Crippen molar-refractivity contribution in [3.63, 3.8) is 0 Å². The van der Waals surface area contributed by atoms with Crippen LogP contribution < -0.4 is 4.90 Å². The molecule has 1 unspecified atom stereocenters. The normalized spacial score (nSPS) is 17.6. The van der Waals surface area contributed by atoms with Crippen LogP contribution in [0.2, 0.25) is 5.02 Å². The van der Waals surface area contributed by atoms with Crippen molar-refractivity contribution < 1.29 is 18.7 Å². The second-order valence-electron chi connectivity index (χ2n) is 5.97. The zero-order chi connectivity index (χ0) is 18.6. The maximum Gasteiger partial charge on any atom is 0.293 e. The third-order valence-electron chi connectivity index (χ3n) is 4.50. The zero-order valence-corrected chi connectivity index (χ0v) is 14.2. The van der Waals surface area contributed by atoms with Gasteiger partial charge in [-0.25, -0.2) is 13.8 Å². The lowest BCUT2D eigenvalue weighted by molar-refractivity contribution is -0.117. The van der Waals surface area contributed by atoms with Gasteiger partial charge in [-0.15, -0.1) is 0 Å². The van der Waals surface area contributed by atoms with Gasteiger partial charge < -0.3 is 10.1 Å². The van der Waals surface area contributed by atoms with Crippen LogP contribution >= 0.6 is 11.6 Å². The van der Waals surface area contributed by atoms with Crippen LogP contribution in [0.4, 0.5) is 14.5 Å². The third kappa shape index (κ3) is 2.28. The number of aromatic nitrogens is 2. The molecule has 132 valence electrons. The Bertz CT molecular complexity index is 1090. The van der Waals surface area contributed by atoms with E-state index in [0.29, 0.717) is 11.2 Å². The molecule has 1 aliphatic rings. The van der Waals surface area contributed by atoms with Gasteiger partial charge in [-0.05, 0) is 37.3 Å². The summed E-state index contributed by atoms with van der Waals surface area (Å²) in [6, 6.07) is 5.88. The van der Waals surface area contributed by atoms with E-state index in [9.17, 15) is 18.7 Å². The van der Waals surface area contributed by atoms with Crippen molar-refractivity contribution in [1.29, 1.82) is 0 Å². The van der Waals surface area contributed by atoms with Crippen molar-refractivity contribution >= 4 is 34.2 Å². The number of aliphatic hydroxyl groups excluding tert-OH is 1. The summed E-state index contributed by atoms with van der Waals surface area (Å²) < 4.78 is 29.0. The number of nitrogens with zero attached hydrogens (tertiary/aromatic N) is 2. The molecule has 3 aromatic rings. The Balaban J connectivity index is 1.93. The SMILES string of the molecule is CC1=C(O)C(=O)N(c2ccc3[nH]cnc3c2)C1c1c(F)ccc(Cl)c1F. The lowest BCUT2D eigenvalue weighted by Gasteiger charge is -2.27. The molecule has 0 saturated heterocycles. The molecule has 0 saturated carbocycles. The highest BCUT2D eigenvalue weighted by molar-refractivity contribution is 6.30. The number of rotatable bonds is 2. The number of hydrogen-bond acceptors (Lipinski definition) is 3. The van der Waals surface area contributed by atoms with Gasteiger partial charge >= 0.3 is 0 Å². The van der Waals surface area contributed by atoms with Crippen LogP contribution in [0.25, 0.3) is 11.0 Å². The molecular formula is C18H12ClF2N3O2. The first kappa shape index (κ1) is 16.5. The summed E-state index contributed by atoms with van der Waals surface area (Å²) >= 11 is 5.80. The van der Waals surface area contributed by atoms with Gasteiger partial charge in [-0.2, -0.15) is 0 Å². The molecule has 0 spiro atoms. The second kappa shape index (κ2) is 5.81. The molecule has 2 N–H and O–H groups in total. The Morgan fingerprint density at radius 1 is 1.27 bits per heavy atom. The number of aromatic amines is 1. The number of fused-ring (bicyclic) bond motifs is 1. The highest BCUT2D eigenvalue weighted by Gasteiger charge is 2.42. The number of aliphatic hydroxyl groups is 1. The van der Waals surface area contributed by atoms with Crippen LogP contribution in [0.5, 0.6) is 0 Å². The molecule has 1 aliphatic heterocycles. The van der Waals surface area contributed by atoms with E-state index in [1.807, 2.05) is 0 Å². The number of nitrogens with one attached hydrogen (secondary N) is 1. The minimum absolute atomic E-state index is 0.136. The van der Waals surface area contributed by atoms with Crippen LogP contribution in [0.1, 0.15) is 18.5 Å². The number of carbonyl (C=O) groups is 1. The molecule has 2 heterocycles. The number of benzene rings is 2. The summed E-state index contributed by atoms with van der Waals surface area (Å²) in [6.45, 7) is 1.45. The molecule has 1 aromatic heterocycles. The molecule has 0 bridgehead atoms. The summed E-state index contributed by atoms with van der Waals surface area (Å²) in [7, 11) is 0. The Hall–Kier alpha value is -2.93. The predicted octanol–water partition coefficient (Wildman–Crippen LogP) is 4.41. The smallest absolute Gasteiger partial charge is 0.293 e. The zero-order valence-electron chi connectivity index (χ0n) is 13.4. The summed E-state index contributed by atoms with van der Waals surface area (Å²) in [5.41, 5.74) is 1.41. The highest BCUT2D eigenvalue weighted by atomic mass is 35.5. The lowest BCUT2D eigenvalue weighted by Crippen LogP contribution is -2.31. The Morgan fingerprint density at radius 2 is 2.04 bits per heavy atom. The molecule has 0 radical (unpaired) electrons. The Morgan fingerprint density at radius 3 is 2.81 bits per heavy atom. The fourth-order valence-corrected chi connectivity index (χ4v) is 3.36. The number of anilines is 1. The first-order valence-corrected chi connectivity index (χ1v) is 8.07. The summed E-state index contributed by atoms with van der Waals surface area (Å²) in [4.78, 5) is 20.8. The topological polar surface area (TPSA) is 69.2 Å². The van der Waals surface area contributed by atoms with E-state index in [1.165, 1.54) is 13.3 Å². The summed E-state index contributed by atoms with van der Waals surface area (Å²) in [5, 5.41) is 9.87. The van der Waals surface area contributed by atoms with E-state index >= 15 is 0 Å². The van der Waals surface area contributed by atoms with Gasteiger partial charge in [-0.3, -0.25) is 9.69 Å². The van der Waals surface area contributed by atoms with Crippen LogP contribution in [0, 0.1) is 11.6 Å². The van der Waals surface area contributed by atoms with E-state index in [1.54, 1.807) is 18.2 Å². The largest absolute Gasteiger partial charge is 0.503 e. The van der Waals surface area contributed by atoms with Gasteiger partial charge in [0.05, 0.1) is 34.0 Å². The maximum atomic E-state index is 14.6. The molecule has 4 rings (SSSR count). The highest BCUT2D eigenvalue weighted by Crippen LogP contribution is 2.43. The van der Waals surface area contributed by atoms with Crippen molar-refractivity contribution in [1.82, 2.24) is 9.97 Å². The van der Waals surface area contributed by atoms with E-state index in [2.05, 4.69) is 9.97 Å². The van der Waals surface area contributed by atoms with E-state index in [-0.39, 0.29) is 10.6 Å². The number of imidazole rings is 1. The Kier molecular flexibility index (Phi) is 3.69. The van der Waals surface area contributed by atoms with E-state index in [4.69, 9.17) is 11.6 Å². The van der Waals surface area contributed by atoms with Crippen molar-refractivity contribution in [3.8, 4) is 0 Å². The molecule has 0 fully saturated rings. The molecule has 1 amide bonds. The average Bonchev–Trinajstić information content (AvgIpc) is 3.17. The summed E-state index contributed by atoms with van der Waals surface area (Å²) in [5.74, 6) is -3.12. The number of hydrogen-bond donors (Lipinski definition) is 2. The van der Waals surface area contributed by atoms with Crippen molar-refractivity contribution in [2.24, 2.45) is 0 Å². The fourth-order valence-electron chi connectivity index (χ4n) is 3.20. The fraction of sp³-hybridized carbons (Fsp3) is 0.111. The van der Waals surface area contributed by atoms with Gasteiger partial charge in [-0.1, -0.05) is 11.6 Å². The van der Waals surface area contributed by atoms with Crippen LogP contribution in [0.15, 0.2) is 48.0 Å². The molecule has 2 aromatic carbocycles. The predicted molar refractivity (Wildman–Crippen MR) is 93.0 cm³/mol. The number of carbonyl (C=O) groups excluding carboxylic acids is 1. The van der Waals surface area contributed by atoms with Crippen molar-refractivity contribution in [2.75, 3.05) is 4.90 Å². The maximum absolute atomic E-state index is 14.6. The summed E-state index contributed by atoms with van der Waals surface area (Å²) in [6.07, 6.45) is 1.50. The third-order valence-corrected chi connectivity index (χ3v) is 4.79. The quantitative estimate of drug-likeness (QED) is 0.652. The number of H-pyrrole nitrogens is 1.